The highest BCUT2D eigenvalue weighted by atomic mass is 32.1. The molecule has 3 aromatic heterocycles. The van der Waals surface area contributed by atoms with Gasteiger partial charge in [-0.25, -0.2) is 4.98 Å². The predicted octanol–water partition coefficient (Wildman–Crippen LogP) is 4.95. The first-order valence-corrected chi connectivity index (χ1v) is 11.5. The highest BCUT2D eigenvalue weighted by Gasteiger charge is 2.22. The number of rotatable bonds is 6. The molecule has 1 fully saturated rings. The molecule has 10 heteroatoms. The summed E-state index contributed by atoms with van der Waals surface area (Å²) in [6, 6.07) is 10.4. The number of thiophene rings is 2. The fourth-order valence-electron chi connectivity index (χ4n) is 3.47. The van der Waals surface area contributed by atoms with Crippen LogP contribution in [0.5, 0.6) is 11.6 Å². The van der Waals surface area contributed by atoms with E-state index in [4.69, 9.17) is 19.4 Å². The van der Waals surface area contributed by atoms with E-state index in [0.717, 1.165) is 33.7 Å². The second kappa shape index (κ2) is 8.67. The van der Waals surface area contributed by atoms with Crippen molar-refractivity contribution in [2.24, 2.45) is 0 Å². The van der Waals surface area contributed by atoms with Gasteiger partial charge >= 0.3 is 5.69 Å². The van der Waals surface area contributed by atoms with Crippen molar-refractivity contribution in [3.05, 3.63) is 63.1 Å². The maximum Gasteiger partial charge on any atom is 0.311 e. The summed E-state index contributed by atoms with van der Waals surface area (Å²) in [5.74, 6) is 1.13. The van der Waals surface area contributed by atoms with Gasteiger partial charge in [-0.3, -0.25) is 15.0 Å². The molecule has 0 spiro atoms. The van der Waals surface area contributed by atoms with Gasteiger partial charge in [-0.2, -0.15) is 4.98 Å². The number of hydrogen-bond donors (Lipinski definition) is 0. The molecular weight excluding hydrogens is 436 g/mol. The number of aromatic nitrogens is 2. The zero-order valence-electron chi connectivity index (χ0n) is 16.4. The van der Waals surface area contributed by atoms with Gasteiger partial charge in [-0.1, -0.05) is 18.2 Å². The van der Waals surface area contributed by atoms with Crippen molar-refractivity contribution in [2.75, 3.05) is 26.3 Å². The van der Waals surface area contributed by atoms with Crippen molar-refractivity contribution in [1.82, 2.24) is 14.9 Å². The highest BCUT2D eigenvalue weighted by molar-refractivity contribution is 7.18. The fourth-order valence-corrected chi connectivity index (χ4v) is 5.24. The second-order valence-corrected chi connectivity index (χ2v) is 8.77. The normalized spacial score (nSPS) is 14.7. The summed E-state index contributed by atoms with van der Waals surface area (Å²) >= 11 is 3.14. The van der Waals surface area contributed by atoms with Crippen LogP contribution in [0.2, 0.25) is 0 Å². The Kier molecular flexibility index (Phi) is 5.60. The molecule has 4 heterocycles. The van der Waals surface area contributed by atoms with Gasteiger partial charge in [0.25, 0.3) is 0 Å². The van der Waals surface area contributed by atoms with E-state index in [1.807, 2.05) is 22.9 Å². The smallest absolute Gasteiger partial charge is 0.311 e. The molecule has 0 bridgehead atoms. The van der Waals surface area contributed by atoms with Gasteiger partial charge < -0.3 is 9.47 Å². The molecule has 8 nitrogen and oxygen atoms in total. The molecule has 5 rings (SSSR count). The molecule has 0 atom stereocenters. The number of benzene rings is 1. The van der Waals surface area contributed by atoms with E-state index in [1.54, 1.807) is 29.5 Å². The van der Waals surface area contributed by atoms with Crippen LogP contribution >= 0.6 is 22.7 Å². The lowest BCUT2D eigenvalue weighted by molar-refractivity contribution is -0.385. The van der Waals surface area contributed by atoms with Crippen molar-refractivity contribution in [2.45, 2.75) is 6.54 Å². The van der Waals surface area contributed by atoms with E-state index in [1.165, 1.54) is 17.4 Å². The van der Waals surface area contributed by atoms with Crippen LogP contribution in [0.15, 0.2) is 47.2 Å². The third-order valence-electron chi connectivity index (χ3n) is 4.97. The molecule has 158 valence electrons. The van der Waals surface area contributed by atoms with Gasteiger partial charge in [-0.15, -0.1) is 22.7 Å². The largest absolute Gasteiger partial charge is 0.431 e. The number of para-hydroxylation sites is 2. The van der Waals surface area contributed by atoms with E-state index in [2.05, 4.69) is 4.90 Å². The minimum atomic E-state index is -0.448. The van der Waals surface area contributed by atoms with E-state index in [9.17, 15) is 10.1 Å². The minimum absolute atomic E-state index is 0.100. The van der Waals surface area contributed by atoms with Gasteiger partial charge in [0, 0.05) is 35.0 Å². The van der Waals surface area contributed by atoms with Crippen LogP contribution in [0.3, 0.4) is 0 Å². The Morgan fingerprint density at radius 3 is 2.74 bits per heavy atom. The minimum Gasteiger partial charge on any atom is -0.431 e. The SMILES string of the molecule is O=[N+]([O-])c1ccccc1Oc1nc(CN2CCOCC2)nc2scc(-c3cccs3)c12. The number of nitrogens with zero attached hydrogens (tertiary/aromatic N) is 4. The van der Waals surface area contributed by atoms with Crippen LogP contribution in [0.4, 0.5) is 5.69 Å². The summed E-state index contributed by atoms with van der Waals surface area (Å²) in [5, 5.41) is 16.3. The predicted molar refractivity (Wildman–Crippen MR) is 120 cm³/mol. The number of morpholine rings is 1. The third-order valence-corrected chi connectivity index (χ3v) is 6.75. The molecular formula is C21H18N4O4S2. The average molecular weight is 455 g/mol. The van der Waals surface area contributed by atoms with Crippen molar-refractivity contribution in [3.8, 4) is 22.1 Å². The Labute approximate surface area is 185 Å². The van der Waals surface area contributed by atoms with Crippen LogP contribution in [0.25, 0.3) is 20.7 Å². The monoisotopic (exact) mass is 454 g/mol. The quantitative estimate of drug-likeness (QED) is 0.301. The van der Waals surface area contributed by atoms with Gasteiger partial charge in [0.15, 0.2) is 0 Å². The lowest BCUT2D eigenvalue weighted by Gasteiger charge is -2.25. The topological polar surface area (TPSA) is 90.6 Å². The number of hydrogen-bond acceptors (Lipinski definition) is 9. The molecule has 31 heavy (non-hydrogen) atoms. The molecule has 0 amide bonds. The summed E-state index contributed by atoms with van der Waals surface area (Å²) in [6.45, 7) is 3.56. The Morgan fingerprint density at radius 1 is 1.13 bits per heavy atom. The van der Waals surface area contributed by atoms with E-state index in [-0.39, 0.29) is 11.4 Å². The van der Waals surface area contributed by atoms with E-state index < -0.39 is 4.92 Å². The summed E-state index contributed by atoms with van der Waals surface area (Å²) in [6.07, 6.45) is 0. The molecule has 0 N–H and O–H groups in total. The van der Waals surface area contributed by atoms with E-state index >= 15 is 0 Å². The van der Waals surface area contributed by atoms with Crippen molar-refractivity contribution in [1.29, 1.82) is 0 Å². The molecule has 1 saturated heterocycles. The zero-order chi connectivity index (χ0) is 21.2. The number of nitro benzene ring substituents is 1. The van der Waals surface area contributed by atoms with Gasteiger partial charge in [-0.05, 0) is 17.5 Å². The van der Waals surface area contributed by atoms with Crippen LogP contribution in [0.1, 0.15) is 5.82 Å². The van der Waals surface area contributed by atoms with Crippen molar-refractivity contribution < 1.29 is 14.4 Å². The molecule has 1 aliphatic rings. The Morgan fingerprint density at radius 2 is 1.97 bits per heavy atom. The number of ether oxygens (including phenoxy) is 2. The number of nitro groups is 1. The summed E-state index contributed by atoms with van der Waals surface area (Å²) in [5.41, 5.74) is 0.874. The van der Waals surface area contributed by atoms with Gasteiger partial charge in [0.1, 0.15) is 10.7 Å². The molecule has 4 aromatic rings. The van der Waals surface area contributed by atoms with Crippen molar-refractivity contribution in [3.63, 3.8) is 0 Å². The Hall–Kier alpha value is -2.92. The first-order valence-electron chi connectivity index (χ1n) is 9.72. The van der Waals surface area contributed by atoms with Crippen LogP contribution in [-0.2, 0) is 11.3 Å². The molecule has 0 radical (unpaired) electrons. The maximum atomic E-state index is 11.5. The van der Waals surface area contributed by atoms with Crippen LogP contribution in [0, 0.1) is 10.1 Å². The zero-order valence-corrected chi connectivity index (χ0v) is 18.0. The molecule has 0 unspecified atom stereocenters. The second-order valence-electron chi connectivity index (χ2n) is 6.97. The lowest BCUT2D eigenvalue weighted by Crippen LogP contribution is -2.36. The van der Waals surface area contributed by atoms with E-state index in [0.29, 0.717) is 31.5 Å². The standard InChI is InChI=1S/C21H18N4O4S2/c26-25(27)15-4-1-2-5-16(15)29-20-19-14(17-6-3-11-30-17)13-31-21(19)23-18(22-20)12-24-7-9-28-10-8-24/h1-6,11,13H,7-10,12H2. The maximum absolute atomic E-state index is 11.5. The summed E-state index contributed by atoms with van der Waals surface area (Å²) in [4.78, 5) is 24.6. The summed E-state index contributed by atoms with van der Waals surface area (Å²) in [7, 11) is 0. The lowest BCUT2D eigenvalue weighted by atomic mass is 10.2. The van der Waals surface area contributed by atoms with Gasteiger partial charge in [0.05, 0.1) is 30.1 Å². The summed E-state index contributed by atoms with van der Waals surface area (Å²) < 4.78 is 11.5. The molecule has 1 aliphatic heterocycles. The first kappa shape index (κ1) is 20.0. The first-order chi connectivity index (χ1) is 15.2. The van der Waals surface area contributed by atoms with Gasteiger partial charge in [0.2, 0.25) is 11.6 Å². The fraction of sp³-hybridized carbons (Fsp3) is 0.238. The number of fused-ring (bicyclic) bond motifs is 1. The molecule has 1 aromatic carbocycles. The Bertz CT molecular complexity index is 1220. The van der Waals surface area contributed by atoms with Crippen LogP contribution in [-0.4, -0.2) is 46.1 Å². The van der Waals surface area contributed by atoms with Crippen molar-refractivity contribution >= 4 is 38.6 Å². The highest BCUT2D eigenvalue weighted by Crippen LogP contribution is 2.42. The molecule has 0 aliphatic carbocycles. The Balaban J connectivity index is 1.60. The molecule has 0 saturated carbocycles. The van der Waals surface area contributed by atoms with Crippen LogP contribution < -0.4 is 4.74 Å². The average Bonchev–Trinajstić information content (AvgIpc) is 3.44. The third kappa shape index (κ3) is 4.15.